The molecule has 5 N–H and O–H groups in total. The molecule has 0 saturated heterocycles. The summed E-state index contributed by atoms with van der Waals surface area (Å²) < 4.78 is 10.9. The zero-order valence-corrected chi connectivity index (χ0v) is 17.6. The number of primary amides is 1. The predicted octanol–water partition coefficient (Wildman–Crippen LogP) is 1.76. The number of rotatable bonds is 4. The summed E-state index contributed by atoms with van der Waals surface area (Å²) in [5.74, 6) is 0. The highest BCUT2D eigenvalue weighted by atomic mass is 32.2. The molecular weight excluding hydrogens is 372 g/mol. The summed E-state index contributed by atoms with van der Waals surface area (Å²) in [6.07, 6.45) is 5.44. The van der Waals surface area contributed by atoms with Gasteiger partial charge in [0.15, 0.2) is 0 Å². The molecule has 0 radical (unpaired) electrons. The van der Waals surface area contributed by atoms with E-state index in [0.29, 0.717) is 4.90 Å². The average Bonchev–Trinajstić information content (AvgIpc) is 2.59. The number of nitrogens with two attached hydrogens (primary N) is 2. The topological polar surface area (TPSA) is 101 Å². The van der Waals surface area contributed by atoms with Gasteiger partial charge in [-0.3, -0.25) is 4.79 Å². The van der Waals surface area contributed by atoms with Crippen LogP contribution in [0.2, 0.25) is 0 Å². The van der Waals surface area contributed by atoms with Crippen molar-refractivity contribution < 1.29 is 9.00 Å². The number of anilines is 1. The summed E-state index contributed by atoms with van der Waals surface area (Å²) in [5.41, 5.74) is 13.2. The second-order valence-electron chi connectivity index (χ2n) is 7.09. The minimum atomic E-state index is -1.36. The Bertz CT molecular complexity index is 805. The van der Waals surface area contributed by atoms with Crippen LogP contribution < -0.4 is 16.2 Å². The number of aryl methyl sites for hydroxylation is 2. The van der Waals surface area contributed by atoms with Gasteiger partial charge >= 0.3 is 0 Å². The number of nitrogens with one attached hydrogen (secondary N) is 1. The zero-order chi connectivity index (χ0) is 20.7. The number of fused-ring (bicyclic) bond motifs is 2. The molecule has 2 aromatic rings. The number of hydrogen-bond donors (Lipinski definition) is 3. The van der Waals surface area contributed by atoms with Crippen molar-refractivity contribution in [3.8, 4) is 0 Å². The Morgan fingerprint density at radius 3 is 1.89 bits per heavy atom. The van der Waals surface area contributed by atoms with E-state index >= 15 is 0 Å². The molecule has 0 spiro atoms. The van der Waals surface area contributed by atoms with Gasteiger partial charge in [-0.2, -0.15) is 0 Å². The van der Waals surface area contributed by atoms with Crippen LogP contribution in [0.3, 0.4) is 0 Å². The normalized spacial score (nSPS) is 13.9. The monoisotopic (exact) mass is 402 g/mol. The van der Waals surface area contributed by atoms with E-state index in [-0.39, 0.29) is 6.41 Å². The van der Waals surface area contributed by atoms with Crippen molar-refractivity contribution >= 4 is 23.1 Å². The van der Waals surface area contributed by atoms with Gasteiger partial charge in [0.25, 0.3) is 0 Å². The van der Waals surface area contributed by atoms with Crippen molar-refractivity contribution in [2.24, 2.45) is 10.9 Å². The fourth-order valence-corrected chi connectivity index (χ4v) is 3.87. The lowest BCUT2D eigenvalue weighted by Gasteiger charge is -2.31. The summed E-state index contributed by atoms with van der Waals surface area (Å²) in [6.45, 7) is 0.886. The number of amides is 1. The molecule has 2 aliphatic rings. The maximum absolute atomic E-state index is 10.9. The highest BCUT2D eigenvalue weighted by Crippen LogP contribution is 2.40. The van der Waals surface area contributed by atoms with Crippen LogP contribution in [0.25, 0.3) is 0 Å². The first-order chi connectivity index (χ1) is 13.4. The van der Waals surface area contributed by atoms with E-state index in [1.807, 2.05) is 33.3 Å². The molecule has 152 valence electrons. The first kappa shape index (κ1) is 22.1. The molecule has 2 aliphatic carbocycles. The molecule has 6 nitrogen and oxygen atoms in total. The Balaban J connectivity index is 0.000000176. The Morgan fingerprint density at radius 2 is 1.57 bits per heavy atom. The molecule has 7 heteroatoms. The maximum Gasteiger partial charge on any atom is 0.204 e. The van der Waals surface area contributed by atoms with Crippen molar-refractivity contribution in [1.82, 2.24) is 4.90 Å². The molecule has 4 rings (SSSR count). The highest BCUT2D eigenvalue weighted by molar-refractivity contribution is 7.82. The van der Waals surface area contributed by atoms with Gasteiger partial charge in [0.2, 0.25) is 6.41 Å². The molecule has 0 saturated carbocycles. The average molecular weight is 403 g/mol. The standard InChI is InChI=1S/C11H13N.C9H14N2OS.CH3NO/c1-12-11-9-4-2-7(9)6-8-3-5-10(8)11;1-11(2)7-8-3-5-9(6-4-8)13(10)12;2-1-3/h6,12H,2-5H2,1H3;3-6H,7,10H2,1-2H3;1H,(H2,2,3). The smallest absolute Gasteiger partial charge is 0.204 e. The molecule has 0 aliphatic heterocycles. The molecule has 0 bridgehead atoms. The molecule has 0 heterocycles. The van der Waals surface area contributed by atoms with Gasteiger partial charge in [-0.25, -0.2) is 9.35 Å². The van der Waals surface area contributed by atoms with Crippen molar-refractivity contribution in [2.75, 3.05) is 26.5 Å². The third-order valence-electron chi connectivity index (χ3n) is 4.92. The van der Waals surface area contributed by atoms with Gasteiger partial charge in [-0.05, 0) is 79.7 Å². The SMILES string of the molecule is CN(C)Cc1ccc(S(N)=O)cc1.CNc1c2c(cc3c1CC3)CC2.NC=O. The van der Waals surface area contributed by atoms with E-state index < -0.39 is 11.0 Å². The Labute approximate surface area is 169 Å². The van der Waals surface area contributed by atoms with E-state index in [1.165, 1.54) is 36.9 Å². The van der Waals surface area contributed by atoms with Gasteiger partial charge in [0.05, 0.1) is 4.90 Å². The van der Waals surface area contributed by atoms with Gasteiger partial charge < -0.3 is 16.0 Å². The molecular formula is C21H30N4O2S. The van der Waals surface area contributed by atoms with Crippen molar-refractivity contribution in [1.29, 1.82) is 0 Å². The first-order valence-electron chi connectivity index (χ1n) is 9.30. The third kappa shape index (κ3) is 5.41. The Hall–Kier alpha value is -2.22. The van der Waals surface area contributed by atoms with E-state index in [0.717, 1.165) is 6.54 Å². The summed E-state index contributed by atoms with van der Waals surface area (Å²) in [4.78, 5) is 11.3. The van der Waals surface area contributed by atoms with E-state index in [4.69, 9.17) is 9.93 Å². The highest BCUT2D eigenvalue weighted by Gasteiger charge is 2.26. The van der Waals surface area contributed by atoms with Gasteiger partial charge in [0, 0.05) is 19.3 Å². The number of benzene rings is 2. The molecule has 2 aromatic carbocycles. The zero-order valence-electron chi connectivity index (χ0n) is 16.8. The second-order valence-corrected chi connectivity index (χ2v) is 8.16. The number of hydrogen-bond acceptors (Lipinski definition) is 4. The fourth-order valence-electron chi connectivity index (χ4n) is 3.47. The van der Waals surface area contributed by atoms with E-state index in [2.05, 4.69) is 22.0 Å². The summed E-state index contributed by atoms with van der Waals surface area (Å²) >= 11 is 0. The first-order valence-corrected chi connectivity index (χ1v) is 10.5. The third-order valence-corrected chi connectivity index (χ3v) is 5.66. The van der Waals surface area contributed by atoms with Gasteiger partial charge in [0.1, 0.15) is 11.0 Å². The number of nitrogens with zero attached hydrogens (tertiary/aromatic N) is 1. The van der Waals surface area contributed by atoms with Crippen LogP contribution in [0.15, 0.2) is 35.2 Å². The number of carbonyl (C=O) groups is 1. The summed E-state index contributed by atoms with van der Waals surface area (Å²) in [6, 6.07) is 9.91. The predicted molar refractivity (Wildman–Crippen MR) is 115 cm³/mol. The summed E-state index contributed by atoms with van der Waals surface area (Å²) in [7, 11) is 4.70. The molecule has 1 atom stereocenters. The molecule has 0 aromatic heterocycles. The van der Waals surface area contributed by atoms with Crippen molar-refractivity contribution in [3.63, 3.8) is 0 Å². The van der Waals surface area contributed by atoms with Crippen molar-refractivity contribution in [2.45, 2.75) is 37.1 Å². The Kier molecular flexibility index (Phi) is 8.17. The summed E-state index contributed by atoms with van der Waals surface area (Å²) in [5, 5.41) is 8.57. The molecule has 28 heavy (non-hydrogen) atoms. The quantitative estimate of drug-likeness (QED) is 0.678. The van der Waals surface area contributed by atoms with Crippen LogP contribution in [-0.4, -0.2) is 36.7 Å². The van der Waals surface area contributed by atoms with Gasteiger partial charge in [-0.1, -0.05) is 18.2 Å². The fraction of sp³-hybridized carbons (Fsp3) is 0.381. The lowest BCUT2D eigenvalue weighted by molar-refractivity contribution is -0.106. The lowest BCUT2D eigenvalue weighted by atomic mass is 9.76. The lowest BCUT2D eigenvalue weighted by Crippen LogP contribution is -2.20. The van der Waals surface area contributed by atoms with E-state index in [1.54, 1.807) is 34.4 Å². The molecule has 1 unspecified atom stereocenters. The van der Waals surface area contributed by atoms with Crippen LogP contribution in [0.1, 0.15) is 27.8 Å². The van der Waals surface area contributed by atoms with Crippen LogP contribution in [0.5, 0.6) is 0 Å². The largest absolute Gasteiger partial charge is 0.388 e. The van der Waals surface area contributed by atoms with Crippen molar-refractivity contribution in [3.05, 3.63) is 58.1 Å². The number of carbonyl (C=O) groups excluding carboxylic acids is 1. The van der Waals surface area contributed by atoms with Crippen LogP contribution >= 0.6 is 0 Å². The second kappa shape index (κ2) is 10.4. The minimum Gasteiger partial charge on any atom is -0.388 e. The molecule has 0 fully saturated rings. The molecule has 1 amide bonds. The van der Waals surface area contributed by atoms with Crippen LogP contribution in [0, 0.1) is 0 Å². The minimum absolute atomic E-state index is 0.250. The van der Waals surface area contributed by atoms with Gasteiger partial charge in [-0.15, -0.1) is 0 Å². The van der Waals surface area contributed by atoms with Crippen LogP contribution in [-0.2, 0) is 48.0 Å². The van der Waals surface area contributed by atoms with E-state index in [9.17, 15) is 4.21 Å². The van der Waals surface area contributed by atoms with Crippen LogP contribution in [0.4, 0.5) is 5.69 Å². The maximum atomic E-state index is 10.9. The Morgan fingerprint density at radius 1 is 1.07 bits per heavy atom.